The average Bonchev–Trinajstić information content (AvgIpc) is 2.12. The second-order valence-electron chi connectivity index (χ2n) is 4.17. The summed E-state index contributed by atoms with van der Waals surface area (Å²) in [5, 5.41) is 3.53. The van der Waals surface area contributed by atoms with Crippen LogP contribution in [0.5, 0.6) is 0 Å². The summed E-state index contributed by atoms with van der Waals surface area (Å²) >= 11 is 4.57. The van der Waals surface area contributed by atoms with E-state index in [1.165, 1.54) is 0 Å². The Morgan fingerprint density at radius 1 is 1.60 bits per heavy atom. The molecule has 0 aromatic rings. The fraction of sp³-hybridized carbons (Fsp3) is 0.500. The van der Waals surface area contributed by atoms with Crippen molar-refractivity contribution >= 4 is 29.2 Å². The van der Waals surface area contributed by atoms with Gasteiger partial charge in [-0.3, -0.25) is 0 Å². The summed E-state index contributed by atoms with van der Waals surface area (Å²) < 4.78 is 15.3. The highest BCUT2D eigenvalue weighted by atomic mass is 35.5. The van der Waals surface area contributed by atoms with Crippen LogP contribution in [0.1, 0.15) is 20.8 Å². The molecule has 0 aliphatic carbocycles. The molecule has 1 atom stereocenters. The van der Waals surface area contributed by atoms with Crippen LogP contribution in [0.15, 0.2) is 27.3 Å². The lowest BCUT2D eigenvalue weighted by Gasteiger charge is -2.18. The van der Waals surface area contributed by atoms with Crippen LogP contribution in [-0.2, 0) is 11.4 Å². The number of nitrogens with one attached hydrogen (secondary N) is 1. The van der Waals surface area contributed by atoms with Crippen molar-refractivity contribution in [3.05, 3.63) is 22.9 Å². The lowest BCUT2D eigenvalue weighted by Crippen LogP contribution is -2.26. The molecule has 0 radical (unpaired) electrons. The summed E-state index contributed by atoms with van der Waals surface area (Å²) in [6, 6.07) is 0. The van der Waals surface area contributed by atoms with Gasteiger partial charge in [0.2, 0.25) is 0 Å². The summed E-state index contributed by atoms with van der Waals surface area (Å²) in [5.41, 5.74) is 0.886. The Balaban J connectivity index is 2.63. The van der Waals surface area contributed by atoms with E-state index in [-0.39, 0.29) is 4.75 Å². The van der Waals surface area contributed by atoms with Gasteiger partial charge in [-0.15, -0.1) is 0 Å². The Labute approximate surface area is 98.6 Å². The SMILES string of the molecule is CC(C)(C)[S+]([O-])/N=C/C1=CCNC(Cl)=C1. The number of hydrogen-bond acceptors (Lipinski definition) is 3. The molecule has 0 fully saturated rings. The van der Waals surface area contributed by atoms with Crippen molar-refractivity contribution in [2.24, 2.45) is 4.40 Å². The predicted octanol–water partition coefficient (Wildman–Crippen LogP) is 2.13. The van der Waals surface area contributed by atoms with Gasteiger partial charge in [0, 0.05) is 6.54 Å². The molecule has 1 rings (SSSR count). The van der Waals surface area contributed by atoms with Crippen molar-refractivity contribution in [1.29, 1.82) is 0 Å². The van der Waals surface area contributed by atoms with Crippen LogP contribution in [0.4, 0.5) is 0 Å². The average molecular weight is 247 g/mol. The van der Waals surface area contributed by atoms with Gasteiger partial charge < -0.3 is 9.87 Å². The van der Waals surface area contributed by atoms with Crippen LogP contribution in [0.25, 0.3) is 0 Å². The molecule has 1 unspecified atom stereocenters. The third-order valence-corrected chi connectivity index (χ3v) is 3.31. The maximum Gasteiger partial charge on any atom is 0.144 e. The number of dihydropyridines is 1. The molecule has 0 bridgehead atoms. The number of nitrogens with zero attached hydrogens (tertiary/aromatic N) is 1. The highest BCUT2D eigenvalue weighted by Crippen LogP contribution is 2.17. The zero-order chi connectivity index (χ0) is 11.5. The van der Waals surface area contributed by atoms with Crippen molar-refractivity contribution < 1.29 is 4.55 Å². The first-order valence-electron chi connectivity index (χ1n) is 4.67. The van der Waals surface area contributed by atoms with Crippen LogP contribution < -0.4 is 5.32 Å². The number of hydrogen-bond donors (Lipinski definition) is 1. The minimum Gasteiger partial charge on any atom is -0.591 e. The van der Waals surface area contributed by atoms with E-state index in [1.54, 1.807) is 12.3 Å². The highest BCUT2D eigenvalue weighted by molar-refractivity contribution is 7.91. The Bertz CT molecular complexity index is 318. The molecular formula is C10H15ClN2OS. The number of allylic oxidation sites excluding steroid dienone is 2. The van der Waals surface area contributed by atoms with Crippen molar-refractivity contribution in [1.82, 2.24) is 5.32 Å². The minimum atomic E-state index is -1.21. The van der Waals surface area contributed by atoms with Crippen molar-refractivity contribution in [2.75, 3.05) is 6.54 Å². The van der Waals surface area contributed by atoms with Gasteiger partial charge >= 0.3 is 0 Å². The molecule has 3 nitrogen and oxygen atoms in total. The fourth-order valence-corrected chi connectivity index (χ4v) is 1.62. The summed E-state index contributed by atoms with van der Waals surface area (Å²) in [6.07, 6.45) is 5.30. The minimum absolute atomic E-state index is 0.322. The van der Waals surface area contributed by atoms with Gasteiger partial charge in [0.1, 0.15) is 21.3 Å². The second-order valence-corrected chi connectivity index (χ2v) is 6.51. The van der Waals surface area contributed by atoms with Gasteiger partial charge in [-0.25, -0.2) is 0 Å². The Morgan fingerprint density at radius 2 is 2.27 bits per heavy atom. The van der Waals surface area contributed by atoms with Crippen LogP contribution in [0.3, 0.4) is 0 Å². The molecule has 0 saturated carbocycles. The lowest BCUT2D eigenvalue weighted by atomic mass is 10.2. The Hall–Kier alpha value is -0.450. The third kappa shape index (κ3) is 4.28. The lowest BCUT2D eigenvalue weighted by molar-refractivity contribution is 0.562. The number of halogens is 1. The number of rotatable bonds is 2. The van der Waals surface area contributed by atoms with E-state index in [0.29, 0.717) is 11.7 Å². The molecule has 0 amide bonds. The first-order chi connectivity index (χ1) is 6.89. The largest absolute Gasteiger partial charge is 0.591 e. The quantitative estimate of drug-likeness (QED) is 0.461. The van der Waals surface area contributed by atoms with E-state index in [0.717, 1.165) is 5.57 Å². The summed E-state index contributed by atoms with van der Waals surface area (Å²) in [6.45, 7) is 6.35. The van der Waals surface area contributed by atoms with Crippen LogP contribution >= 0.6 is 11.6 Å². The molecule has 1 aliphatic rings. The molecule has 1 N–H and O–H groups in total. The molecule has 0 aromatic heterocycles. The van der Waals surface area contributed by atoms with Crippen LogP contribution in [0, 0.1) is 0 Å². The van der Waals surface area contributed by atoms with E-state index in [1.807, 2.05) is 26.8 Å². The van der Waals surface area contributed by atoms with E-state index in [2.05, 4.69) is 9.71 Å². The van der Waals surface area contributed by atoms with Crippen molar-refractivity contribution in [3.63, 3.8) is 0 Å². The predicted molar refractivity (Wildman–Crippen MR) is 66.4 cm³/mol. The van der Waals surface area contributed by atoms with Gasteiger partial charge in [0.05, 0.1) is 6.21 Å². The monoisotopic (exact) mass is 246 g/mol. The van der Waals surface area contributed by atoms with Crippen molar-refractivity contribution in [3.8, 4) is 0 Å². The first-order valence-corrected chi connectivity index (χ1v) is 6.15. The van der Waals surface area contributed by atoms with Crippen molar-refractivity contribution in [2.45, 2.75) is 25.5 Å². The van der Waals surface area contributed by atoms with E-state index >= 15 is 0 Å². The first kappa shape index (κ1) is 12.6. The molecular weight excluding hydrogens is 232 g/mol. The maximum atomic E-state index is 11.6. The van der Waals surface area contributed by atoms with E-state index in [9.17, 15) is 4.55 Å². The molecule has 0 spiro atoms. The van der Waals surface area contributed by atoms with Gasteiger partial charge in [0.15, 0.2) is 0 Å². The van der Waals surface area contributed by atoms with Gasteiger partial charge in [-0.2, -0.15) is 0 Å². The third-order valence-electron chi connectivity index (χ3n) is 1.72. The zero-order valence-electron chi connectivity index (χ0n) is 9.08. The Morgan fingerprint density at radius 3 is 2.80 bits per heavy atom. The summed E-state index contributed by atoms with van der Waals surface area (Å²) in [4.78, 5) is 0. The van der Waals surface area contributed by atoms with Gasteiger partial charge in [0.25, 0.3) is 0 Å². The summed E-state index contributed by atoms with van der Waals surface area (Å²) in [7, 11) is 0. The topological polar surface area (TPSA) is 47.5 Å². The van der Waals surface area contributed by atoms with E-state index in [4.69, 9.17) is 11.6 Å². The molecule has 1 heterocycles. The smallest absolute Gasteiger partial charge is 0.144 e. The van der Waals surface area contributed by atoms with Gasteiger partial charge in [-0.1, -0.05) is 22.1 Å². The normalized spacial score (nSPS) is 19.5. The molecule has 15 heavy (non-hydrogen) atoms. The second kappa shape index (κ2) is 5.05. The van der Waals surface area contributed by atoms with Gasteiger partial charge in [-0.05, 0) is 32.4 Å². The standard InChI is InChI=1S/C10H15ClN2OS/c1-10(2,3)15(14)13-7-8-4-5-12-9(11)6-8/h4,6-7,12H,5H2,1-3H3/b13-7+. The molecule has 0 saturated heterocycles. The summed E-state index contributed by atoms with van der Waals surface area (Å²) in [5.74, 6) is 0. The molecule has 5 heteroatoms. The molecule has 1 aliphatic heterocycles. The zero-order valence-corrected chi connectivity index (χ0v) is 10.7. The van der Waals surface area contributed by atoms with Crippen LogP contribution in [0.2, 0.25) is 0 Å². The molecule has 0 aromatic carbocycles. The fourth-order valence-electron chi connectivity index (χ4n) is 0.879. The van der Waals surface area contributed by atoms with E-state index < -0.39 is 11.4 Å². The maximum absolute atomic E-state index is 11.6. The molecule has 84 valence electrons. The van der Waals surface area contributed by atoms with Crippen LogP contribution in [-0.4, -0.2) is 22.1 Å². The highest BCUT2D eigenvalue weighted by Gasteiger charge is 2.25. The Kier molecular flexibility index (Phi) is 4.25.